The van der Waals surface area contributed by atoms with Crippen LogP contribution in [0.3, 0.4) is 0 Å². The summed E-state index contributed by atoms with van der Waals surface area (Å²) >= 11 is 3.94. The van der Waals surface area contributed by atoms with Gasteiger partial charge in [0.25, 0.3) is 0 Å². The van der Waals surface area contributed by atoms with Crippen LogP contribution < -0.4 is 44.9 Å². The number of carbonyl (C=O) groups is 1. The molecular formula is C11H13BrNNaO5S. The van der Waals surface area contributed by atoms with Crippen molar-refractivity contribution in [2.75, 3.05) is 17.8 Å². The van der Waals surface area contributed by atoms with E-state index in [0.29, 0.717) is 28.1 Å². The van der Waals surface area contributed by atoms with Crippen molar-refractivity contribution < 1.29 is 53.7 Å². The molecule has 0 saturated carbocycles. The van der Waals surface area contributed by atoms with Crippen molar-refractivity contribution >= 4 is 39.6 Å². The molecule has 1 aromatic rings. The minimum atomic E-state index is -0.0958. The van der Waals surface area contributed by atoms with Gasteiger partial charge in [-0.3, -0.25) is 9.83 Å². The molecular weight excluding hydrogens is 361 g/mol. The number of methoxy groups -OCH3 is 1. The fourth-order valence-corrected chi connectivity index (χ4v) is 2.28. The Kier molecular flexibility index (Phi) is 11.0. The Morgan fingerprint density at radius 2 is 2.20 bits per heavy atom. The predicted molar refractivity (Wildman–Crippen MR) is 72.8 cm³/mol. The monoisotopic (exact) mass is 373 g/mol. The summed E-state index contributed by atoms with van der Waals surface area (Å²) in [5.74, 6) is 0.378. The Hall–Kier alpha value is 0.200. The third kappa shape index (κ3) is 6.31. The number of alkyl halides is 1. The SMILES string of the molecule is COc1cc(NC(=O)CCBr)c(C)cc1SOO[O-].[Na+]. The summed E-state index contributed by atoms with van der Waals surface area (Å²) in [7, 11) is 1.48. The Labute approximate surface area is 152 Å². The van der Waals surface area contributed by atoms with E-state index in [4.69, 9.17) is 4.74 Å². The number of amides is 1. The third-order valence-electron chi connectivity index (χ3n) is 2.26. The molecule has 0 spiro atoms. The zero-order valence-corrected chi connectivity index (χ0v) is 15.8. The molecule has 0 radical (unpaired) electrons. The minimum Gasteiger partial charge on any atom is -0.691 e. The van der Waals surface area contributed by atoms with Crippen molar-refractivity contribution in [3.8, 4) is 5.75 Å². The molecule has 0 aliphatic carbocycles. The van der Waals surface area contributed by atoms with Gasteiger partial charge in [-0.05, 0) is 18.6 Å². The van der Waals surface area contributed by atoms with Crippen molar-refractivity contribution in [3.63, 3.8) is 0 Å². The average Bonchev–Trinajstić information content (AvgIpc) is 2.39. The van der Waals surface area contributed by atoms with Crippen LogP contribution in [0, 0.1) is 6.92 Å². The van der Waals surface area contributed by atoms with Gasteiger partial charge in [0, 0.05) is 23.5 Å². The van der Waals surface area contributed by atoms with Crippen LogP contribution >= 0.6 is 28.0 Å². The summed E-state index contributed by atoms with van der Waals surface area (Å²) in [6.07, 6.45) is 0.380. The predicted octanol–water partition coefficient (Wildman–Crippen LogP) is -1.04. The van der Waals surface area contributed by atoms with Gasteiger partial charge in [0.1, 0.15) is 5.75 Å². The quantitative estimate of drug-likeness (QED) is 0.216. The number of nitrogens with one attached hydrogen (secondary N) is 1. The van der Waals surface area contributed by atoms with E-state index >= 15 is 0 Å². The first-order valence-electron chi connectivity index (χ1n) is 5.30. The van der Waals surface area contributed by atoms with E-state index in [1.807, 2.05) is 6.92 Å². The second-order valence-corrected chi connectivity index (χ2v) is 5.06. The maximum absolute atomic E-state index is 11.5. The first-order chi connectivity index (χ1) is 9.12. The first kappa shape index (κ1) is 20.2. The van der Waals surface area contributed by atoms with Crippen LogP contribution in [-0.2, 0) is 14.2 Å². The van der Waals surface area contributed by atoms with Gasteiger partial charge in [-0.15, -0.1) is 0 Å². The zero-order chi connectivity index (χ0) is 14.3. The van der Waals surface area contributed by atoms with Crippen molar-refractivity contribution in [2.45, 2.75) is 18.2 Å². The number of benzene rings is 1. The number of hydrogen-bond acceptors (Lipinski definition) is 6. The van der Waals surface area contributed by atoms with Crippen LogP contribution in [0.2, 0.25) is 0 Å². The van der Waals surface area contributed by atoms with Gasteiger partial charge in [-0.25, -0.2) is 0 Å². The Bertz CT molecular complexity index is 449. The molecule has 1 N–H and O–H groups in total. The van der Waals surface area contributed by atoms with E-state index in [1.54, 1.807) is 12.1 Å². The summed E-state index contributed by atoms with van der Waals surface area (Å²) in [4.78, 5) is 12.1. The molecule has 1 amide bonds. The molecule has 0 bridgehead atoms. The van der Waals surface area contributed by atoms with Gasteiger partial charge in [-0.2, -0.15) is 4.33 Å². The molecule has 1 rings (SSSR count). The normalized spacial score (nSPS) is 9.80. The van der Waals surface area contributed by atoms with Gasteiger partial charge >= 0.3 is 29.6 Å². The fourth-order valence-electron chi connectivity index (χ4n) is 1.37. The van der Waals surface area contributed by atoms with Gasteiger partial charge < -0.3 is 15.3 Å². The molecule has 0 fully saturated rings. The average molecular weight is 374 g/mol. The van der Waals surface area contributed by atoms with E-state index in [9.17, 15) is 10.1 Å². The molecule has 0 heterocycles. The van der Waals surface area contributed by atoms with Crippen LogP contribution in [0.4, 0.5) is 5.69 Å². The van der Waals surface area contributed by atoms with E-state index in [-0.39, 0.29) is 35.5 Å². The number of aryl methyl sites for hydroxylation is 1. The maximum atomic E-state index is 11.5. The summed E-state index contributed by atoms with van der Waals surface area (Å²) in [5, 5.41) is 16.5. The van der Waals surface area contributed by atoms with Crippen molar-refractivity contribution in [1.29, 1.82) is 0 Å². The van der Waals surface area contributed by atoms with Gasteiger partial charge in [0.05, 0.1) is 24.0 Å². The molecule has 106 valence electrons. The zero-order valence-electron chi connectivity index (χ0n) is 11.4. The third-order valence-corrected chi connectivity index (χ3v) is 3.28. The molecule has 0 aliphatic rings. The maximum Gasteiger partial charge on any atom is 1.00 e. The van der Waals surface area contributed by atoms with Crippen LogP contribution in [0.25, 0.3) is 0 Å². The number of hydrogen-bond donors (Lipinski definition) is 1. The summed E-state index contributed by atoms with van der Waals surface area (Å²) in [5.41, 5.74) is 1.47. The summed E-state index contributed by atoms with van der Waals surface area (Å²) in [6.45, 7) is 1.82. The molecule has 6 nitrogen and oxygen atoms in total. The van der Waals surface area contributed by atoms with E-state index in [1.165, 1.54) is 7.11 Å². The van der Waals surface area contributed by atoms with Crippen LogP contribution in [0.1, 0.15) is 12.0 Å². The largest absolute Gasteiger partial charge is 1.00 e. The second-order valence-electron chi connectivity index (χ2n) is 3.52. The van der Waals surface area contributed by atoms with Crippen molar-refractivity contribution in [3.05, 3.63) is 17.7 Å². The van der Waals surface area contributed by atoms with Crippen LogP contribution in [0.15, 0.2) is 17.0 Å². The number of ether oxygens (including phenoxy) is 1. The van der Waals surface area contributed by atoms with Gasteiger partial charge in [0.2, 0.25) is 5.91 Å². The Morgan fingerprint density at radius 1 is 1.50 bits per heavy atom. The number of rotatable bonds is 7. The minimum absolute atomic E-state index is 0. The molecule has 0 atom stereocenters. The first-order valence-corrected chi connectivity index (χ1v) is 7.16. The second kappa shape index (κ2) is 10.9. The number of carbonyl (C=O) groups excluding carboxylic acids is 1. The summed E-state index contributed by atoms with van der Waals surface area (Å²) < 4.78 is 9.42. The molecule has 1 aromatic carbocycles. The smallest absolute Gasteiger partial charge is 0.691 e. The molecule has 0 aliphatic heterocycles. The van der Waals surface area contributed by atoms with Crippen LogP contribution in [-0.4, -0.2) is 18.3 Å². The van der Waals surface area contributed by atoms with Crippen LogP contribution in [0.5, 0.6) is 5.75 Å². The molecule has 0 saturated heterocycles. The standard InChI is InChI=1S/C11H14BrNO5S.Na/c1-7-5-10(19-18-17-15)9(16-2)6-8(7)13-11(14)3-4-12;/h5-6,15H,3-4H2,1-2H3,(H,13,14);/q;+1/p-1. The fraction of sp³-hybridized carbons (Fsp3) is 0.364. The van der Waals surface area contributed by atoms with E-state index in [2.05, 4.69) is 30.6 Å². The molecule has 0 unspecified atom stereocenters. The van der Waals surface area contributed by atoms with Crippen molar-refractivity contribution in [2.24, 2.45) is 0 Å². The Morgan fingerprint density at radius 3 is 2.75 bits per heavy atom. The van der Waals surface area contributed by atoms with Crippen molar-refractivity contribution in [1.82, 2.24) is 0 Å². The van der Waals surface area contributed by atoms with Gasteiger partial charge in [0.15, 0.2) is 0 Å². The topological polar surface area (TPSA) is 79.9 Å². The van der Waals surface area contributed by atoms with E-state index in [0.717, 1.165) is 17.6 Å². The van der Waals surface area contributed by atoms with Gasteiger partial charge in [-0.1, -0.05) is 15.9 Å². The molecule has 20 heavy (non-hydrogen) atoms. The number of anilines is 1. The number of halogens is 1. The van der Waals surface area contributed by atoms with E-state index < -0.39 is 0 Å². The summed E-state index contributed by atoms with van der Waals surface area (Å²) in [6, 6.07) is 3.39. The molecule has 0 aromatic heterocycles. The Balaban J connectivity index is 0.00000361. The molecule has 9 heteroatoms.